The Morgan fingerprint density at radius 3 is 2.89 bits per heavy atom. The van der Waals surface area contributed by atoms with Crippen LogP contribution in [0.4, 0.5) is 0 Å². The normalized spacial score (nSPS) is 17.2. The Kier molecular flexibility index (Phi) is 4.91. The van der Waals surface area contributed by atoms with Gasteiger partial charge in [0, 0.05) is 50.3 Å². The molecule has 1 aliphatic rings. The maximum atomic E-state index is 12.7. The largest absolute Gasteiger partial charge is 0.340 e. The summed E-state index contributed by atoms with van der Waals surface area (Å²) in [5, 5.41) is 11.3. The van der Waals surface area contributed by atoms with Gasteiger partial charge in [-0.15, -0.1) is 5.10 Å². The fourth-order valence-electron chi connectivity index (χ4n) is 3.54. The van der Waals surface area contributed by atoms with Gasteiger partial charge < -0.3 is 9.47 Å². The van der Waals surface area contributed by atoms with Crippen LogP contribution in [0.5, 0.6) is 0 Å². The predicted molar refractivity (Wildman–Crippen MR) is 96.7 cm³/mol. The predicted octanol–water partition coefficient (Wildman–Crippen LogP) is 1.03. The van der Waals surface area contributed by atoms with E-state index in [0.29, 0.717) is 12.4 Å². The number of hydrogen-bond acceptors (Lipinski definition) is 6. The second kappa shape index (κ2) is 7.65. The zero-order valence-electron chi connectivity index (χ0n) is 15.3. The van der Waals surface area contributed by atoms with Crippen LogP contribution < -0.4 is 0 Å². The van der Waals surface area contributed by atoms with Crippen molar-refractivity contribution in [3.8, 4) is 0 Å². The first-order chi connectivity index (χ1) is 13.2. The average Bonchev–Trinajstić information content (AvgIpc) is 3.32. The molecule has 0 radical (unpaired) electrons. The molecule has 0 bridgehead atoms. The number of aromatic nitrogens is 7. The summed E-state index contributed by atoms with van der Waals surface area (Å²) in [4.78, 5) is 23.2. The second-order valence-corrected chi connectivity index (χ2v) is 6.83. The lowest BCUT2D eigenvalue weighted by atomic mass is 9.97. The minimum Gasteiger partial charge on any atom is -0.340 e. The van der Waals surface area contributed by atoms with E-state index in [1.165, 1.54) is 10.2 Å². The molecule has 3 aromatic rings. The fourth-order valence-corrected chi connectivity index (χ4v) is 3.54. The maximum Gasteiger partial charge on any atom is 0.244 e. The topological polar surface area (TPSA) is 94.6 Å². The third-order valence-corrected chi connectivity index (χ3v) is 4.99. The second-order valence-electron chi connectivity index (χ2n) is 6.83. The highest BCUT2D eigenvalue weighted by molar-refractivity contribution is 5.76. The van der Waals surface area contributed by atoms with Crippen LogP contribution in [-0.4, -0.2) is 58.6 Å². The third-order valence-electron chi connectivity index (χ3n) is 4.99. The first kappa shape index (κ1) is 17.3. The molecule has 0 spiro atoms. The van der Waals surface area contributed by atoms with E-state index in [1.807, 2.05) is 29.4 Å². The zero-order chi connectivity index (χ0) is 18.6. The van der Waals surface area contributed by atoms with Crippen LogP contribution >= 0.6 is 0 Å². The number of imidazole rings is 1. The molecule has 0 aliphatic carbocycles. The molecule has 1 saturated heterocycles. The van der Waals surface area contributed by atoms with Gasteiger partial charge in [-0.05, 0) is 47.9 Å². The Morgan fingerprint density at radius 2 is 2.11 bits per heavy atom. The van der Waals surface area contributed by atoms with E-state index in [0.717, 1.165) is 31.8 Å². The number of likely N-dealkylation sites (tertiary alicyclic amines) is 1. The molecule has 4 heterocycles. The summed E-state index contributed by atoms with van der Waals surface area (Å²) in [5.41, 5.74) is 1.18. The van der Waals surface area contributed by atoms with Gasteiger partial charge >= 0.3 is 0 Å². The van der Waals surface area contributed by atoms with E-state index in [-0.39, 0.29) is 18.4 Å². The number of carbonyl (C=O) groups excluding carboxylic acids is 1. The van der Waals surface area contributed by atoms with Crippen molar-refractivity contribution in [1.29, 1.82) is 0 Å². The molecule has 1 atom stereocenters. The molecule has 9 nitrogen and oxygen atoms in total. The molecule has 1 unspecified atom stereocenters. The summed E-state index contributed by atoms with van der Waals surface area (Å²) in [6.07, 6.45) is 9.43. The summed E-state index contributed by atoms with van der Waals surface area (Å²) >= 11 is 0. The number of amides is 1. The van der Waals surface area contributed by atoms with E-state index >= 15 is 0 Å². The highest BCUT2D eigenvalue weighted by atomic mass is 16.2. The Morgan fingerprint density at radius 1 is 1.26 bits per heavy atom. The number of nitrogens with zero attached hydrogens (tertiary/aromatic N) is 8. The van der Waals surface area contributed by atoms with Gasteiger partial charge in [-0.3, -0.25) is 9.78 Å². The number of carbonyl (C=O) groups is 1. The third kappa shape index (κ3) is 3.86. The summed E-state index contributed by atoms with van der Waals surface area (Å²) in [5.74, 6) is 1.95. The Hall–Kier alpha value is -3.10. The van der Waals surface area contributed by atoms with E-state index < -0.39 is 0 Å². The smallest absolute Gasteiger partial charge is 0.244 e. The number of aryl methyl sites for hydroxylation is 1. The summed E-state index contributed by atoms with van der Waals surface area (Å²) < 4.78 is 3.70. The minimum absolute atomic E-state index is 0.0438. The van der Waals surface area contributed by atoms with Crippen molar-refractivity contribution in [3.05, 3.63) is 54.1 Å². The molecule has 140 valence electrons. The van der Waals surface area contributed by atoms with Gasteiger partial charge in [0.05, 0.1) is 0 Å². The van der Waals surface area contributed by atoms with Crippen LogP contribution in [0.25, 0.3) is 0 Å². The highest BCUT2D eigenvalue weighted by Gasteiger charge is 2.28. The van der Waals surface area contributed by atoms with Gasteiger partial charge in [0.1, 0.15) is 18.2 Å². The summed E-state index contributed by atoms with van der Waals surface area (Å²) in [6, 6.07) is 4.02. The van der Waals surface area contributed by atoms with Gasteiger partial charge in [-0.2, -0.15) is 0 Å². The van der Waals surface area contributed by atoms with Gasteiger partial charge in [0.15, 0.2) is 0 Å². The van der Waals surface area contributed by atoms with E-state index in [9.17, 15) is 4.79 Å². The van der Waals surface area contributed by atoms with Crippen LogP contribution in [0.2, 0.25) is 0 Å². The summed E-state index contributed by atoms with van der Waals surface area (Å²) in [7, 11) is 0. The SMILES string of the molecule is Cc1nnnn1CC(=O)N1CCCC(c2nccn2Cc2ccncc2)C1. The number of pyridine rings is 1. The van der Waals surface area contributed by atoms with Crippen molar-refractivity contribution in [3.63, 3.8) is 0 Å². The van der Waals surface area contributed by atoms with Crippen LogP contribution in [0, 0.1) is 6.92 Å². The van der Waals surface area contributed by atoms with Gasteiger partial charge in [-0.1, -0.05) is 0 Å². The molecular weight excluding hydrogens is 344 g/mol. The number of tetrazole rings is 1. The molecule has 27 heavy (non-hydrogen) atoms. The summed E-state index contributed by atoms with van der Waals surface area (Å²) in [6.45, 7) is 4.17. The first-order valence-electron chi connectivity index (χ1n) is 9.11. The molecule has 0 N–H and O–H groups in total. The average molecular weight is 366 g/mol. The Balaban J connectivity index is 1.45. The fraction of sp³-hybridized carbons (Fsp3) is 0.444. The van der Waals surface area contributed by atoms with Gasteiger partial charge in [-0.25, -0.2) is 9.67 Å². The number of hydrogen-bond donors (Lipinski definition) is 0. The molecule has 9 heteroatoms. The van der Waals surface area contributed by atoms with Crippen LogP contribution in [0.1, 0.15) is 36.0 Å². The van der Waals surface area contributed by atoms with Crippen LogP contribution in [0.15, 0.2) is 36.9 Å². The lowest BCUT2D eigenvalue weighted by molar-refractivity contribution is -0.133. The minimum atomic E-state index is 0.0438. The standard InChI is InChI=1S/C18H22N8O/c1-14-21-22-23-26(14)13-17(27)24-9-2-3-16(12-24)18-20-8-10-25(18)11-15-4-6-19-7-5-15/h4-8,10,16H,2-3,9,11-13H2,1H3. The number of rotatable bonds is 5. The quantitative estimate of drug-likeness (QED) is 0.669. The van der Waals surface area contributed by atoms with E-state index in [2.05, 4.69) is 30.1 Å². The number of piperidine rings is 1. The maximum absolute atomic E-state index is 12.7. The molecule has 0 saturated carbocycles. The van der Waals surface area contributed by atoms with E-state index in [1.54, 1.807) is 19.3 Å². The zero-order valence-corrected chi connectivity index (χ0v) is 15.3. The van der Waals surface area contributed by atoms with Crippen molar-refractivity contribution in [1.82, 2.24) is 39.6 Å². The lowest BCUT2D eigenvalue weighted by Gasteiger charge is -2.32. The molecule has 0 aromatic carbocycles. The molecule has 4 rings (SSSR count). The lowest BCUT2D eigenvalue weighted by Crippen LogP contribution is -2.41. The molecule has 1 aliphatic heterocycles. The first-order valence-corrected chi connectivity index (χ1v) is 9.11. The van der Waals surface area contributed by atoms with Gasteiger partial charge in [0.2, 0.25) is 5.91 Å². The van der Waals surface area contributed by atoms with Crippen molar-refractivity contribution in [2.24, 2.45) is 0 Å². The van der Waals surface area contributed by atoms with Crippen LogP contribution in [-0.2, 0) is 17.9 Å². The van der Waals surface area contributed by atoms with Crippen molar-refractivity contribution < 1.29 is 4.79 Å². The van der Waals surface area contributed by atoms with Crippen molar-refractivity contribution in [2.45, 2.75) is 38.8 Å². The molecule has 1 fully saturated rings. The molecule has 1 amide bonds. The van der Waals surface area contributed by atoms with Crippen LogP contribution in [0.3, 0.4) is 0 Å². The Labute approximate surface area is 157 Å². The van der Waals surface area contributed by atoms with Crippen molar-refractivity contribution in [2.75, 3.05) is 13.1 Å². The molecule has 3 aromatic heterocycles. The Bertz CT molecular complexity index is 903. The van der Waals surface area contributed by atoms with Crippen molar-refractivity contribution >= 4 is 5.91 Å². The van der Waals surface area contributed by atoms with E-state index in [4.69, 9.17) is 0 Å². The molecular formula is C18H22N8O. The van der Waals surface area contributed by atoms with Gasteiger partial charge in [0.25, 0.3) is 0 Å². The monoisotopic (exact) mass is 366 g/mol. The highest BCUT2D eigenvalue weighted by Crippen LogP contribution is 2.26.